The zero-order chi connectivity index (χ0) is 21.8. The van der Waals surface area contributed by atoms with Gasteiger partial charge in [-0.1, -0.05) is 29.8 Å². The second-order valence-corrected chi connectivity index (χ2v) is 7.74. The molecule has 5 aromatic rings. The number of imidazole rings is 1. The van der Waals surface area contributed by atoms with Crippen LogP contribution in [0.5, 0.6) is 0 Å². The number of nitrogens with zero attached hydrogens (tertiary/aromatic N) is 6. The van der Waals surface area contributed by atoms with Crippen molar-refractivity contribution < 1.29 is 4.79 Å². The minimum Gasteiger partial charge on any atom is -0.372 e. The lowest BCUT2D eigenvalue weighted by Crippen LogP contribution is -1.93. The third-order valence-corrected chi connectivity index (χ3v) is 5.26. The Morgan fingerprint density at radius 3 is 2.52 bits per heavy atom. The molecule has 0 saturated heterocycles. The van der Waals surface area contributed by atoms with E-state index in [1.807, 2.05) is 43.3 Å². The molecule has 0 fully saturated rings. The van der Waals surface area contributed by atoms with Crippen molar-refractivity contribution in [2.75, 3.05) is 12.4 Å². The summed E-state index contributed by atoms with van der Waals surface area (Å²) in [5.74, 6) is 0.796. The molecule has 0 aliphatic heterocycles. The predicted molar refractivity (Wildman–Crippen MR) is 122 cm³/mol. The fraction of sp³-hybridized carbons (Fsp3) is 0.136. The van der Waals surface area contributed by atoms with Crippen molar-refractivity contribution in [3.05, 3.63) is 70.9 Å². The Balaban J connectivity index is 0.000000282. The van der Waals surface area contributed by atoms with E-state index in [-0.39, 0.29) is 0 Å². The summed E-state index contributed by atoms with van der Waals surface area (Å²) in [7, 11) is 3.77. The lowest BCUT2D eigenvalue weighted by Gasteiger charge is -2.03. The molecule has 0 bridgehead atoms. The van der Waals surface area contributed by atoms with Crippen molar-refractivity contribution in [1.29, 1.82) is 0 Å². The van der Waals surface area contributed by atoms with E-state index in [4.69, 9.17) is 5.10 Å². The molecule has 0 radical (unpaired) electrons. The van der Waals surface area contributed by atoms with Gasteiger partial charge in [0, 0.05) is 43.0 Å². The normalized spacial score (nSPS) is 10.5. The zero-order valence-corrected chi connectivity index (χ0v) is 18.2. The van der Waals surface area contributed by atoms with Crippen molar-refractivity contribution in [2.45, 2.75) is 6.92 Å². The fourth-order valence-electron chi connectivity index (χ4n) is 3.04. The van der Waals surface area contributed by atoms with Crippen molar-refractivity contribution in [3.8, 4) is 22.5 Å². The van der Waals surface area contributed by atoms with E-state index in [9.17, 15) is 4.79 Å². The lowest BCUT2D eigenvalue weighted by molar-refractivity contribution is 0.112. The number of carbonyl (C=O) groups is 1. The Hall–Kier alpha value is -3.85. The molecule has 4 heterocycles. The maximum absolute atomic E-state index is 9.82. The molecule has 31 heavy (non-hydrogen) atoms. The number of hydrogen-bond acceptors (Lipinski definition) is 7. The van der Waals surface area contributed by atoms with Gasteiger partial charge in [-0.3, -0.25) is 9.48 Å². The van der Waals surface area contributed by atoms with Crippen molar-refractivity contribution in [2.24, 2.45) is 7.05 Å². The van der Waals surface area contributed by atoms with E-state index < -0.39 is 0 Å². The molecule has 0 atom stereocenters. The smallest absolute Gasteiger partial charge is 0.178 e. The highest BCUT2D eigenvalue weighted by Crippen LogP contribution is 2.30. The molecule has 0 saturated carbocycles. The number of aryl methyl sites for hydroxylation is 2. The minimum absolute atomic E-state index is 0.542. The van der Waals surface area contributed by atoms with Crippen LogP contribution in [0, 0.1) is 6.92 Å². The van der Waals surface area contributed by atoms with Gasteiger partial charge in [-0.15, -0.1) is 11.3 Å². The van der Waals surface area contributed by atoms with Crippen molar-refractivity contribution >= 4 is 29.1 Å². The lowest BCUT2D eigenvalue weighted by atomic mass is 10.0. The number of hydrogen-bond donors (Lipinski definition) is 1. The predicted octanol–water partition coefficient (Wildman–Crippen LogP) is 4.10. The van der Waals surface area contributed by atoms with Gasteiger partial charge in [0.2, 0.25) is 0 Å². The average molecular weight is 432 g/mol. The highest BCUT2D eigenvalue weighted by Gasteiger charge is 2.14. The number of benzene rings is 1. The Kier molecular flexibility index (Phi) is 5.85. The highest BCUT2D eigenvalue weighted by molar-refractivity contribution is 7.11. The van der Waals surface area contributed by atoms with Crippen LogP contribution in [0.25, 0.3) is 28.2 Å². The van der Waals surface area contributed by atoms with Crippen LogP contribution in [0.1, 0.15) is 15.4 Å². The van der Waals surface area contributed by atoms with E-state index in [0.717, 1.165) is 40.3 Å². The van der Waals surface area contributed by atoms with Gasteiger partial charge in [0.25, 0.3) is 0 Å². The first-order valence-corrected chi connectivity index (χ1v) is 10.5. The van der Waals surface area contributed by atoms with E-state index >= 15 is 0 Å². The number of carbonyl (C=O) groups excluding carboxylic acids is 1. The summed E-state index contributed by atoms with van der Waals surface area (Å²) in [6.07, 6.45) is 6.22. The Morgan fingerprint density at radius 2 is 1.87 bits per heavy atom. The first-order valence-electron chi connectivity index (χ1n) is 9.57. The van der Waals surface area contributed by atoms with E-state index in [2.05, 4.69) is 51.6 Å². The van der Waals surface area contributed by atoms with E-state index in [0.29, 0.717) is 5.01 Å². The maximum Gasteiger partial charge on any atom is 0.178 e. The van der Waals surface area contributed by atoms with Crippen molar-refractivity contribution in [1.82, 2.24) is 29.4 Å². The van der Waals surface area contributed by atoms with Crippen LogP contribution in [0.15, 0.2) is 60.4 Å². The molecule has 1 aromatic carbocycles. The SMILES string of the molecule is CNc1cn2nc(-c3cn(C)nc3-c3ccc(C)cc3)ccc2n1.O=Cc1nccs1. The van der Waals surface area contributed by atoms with Crippen LogP contribution in [0.3, 0.4) is 0 Å². The summed E-state index contributed by atoms with van der Waals surface area (Å²) in [5, 5.41) is 14.7. The Morgan fingerprint density at radius 1 is 1.06 bits per heavy atom. The summed E-state index contributed by atoms with van der Waals surface area (Å²) in [6, 6.07) is 12.3. The van der Waals surface area contributed by atoms with Crippen LogP contribution in [-0.4, -0.2) is 42.7 Å². The second-order valence-electron chi connectivity index (χ2n) is 6.82. The molecule has 0 aliphatic rings. The highest BCUT2D eigenvalue weighted by atomic mass is 32.1. The molecule has 4 aromatic heterocycles. The number of aldehydes is 1. The minimum atomic E-state index is 0.542. The number of thiazole rings is 1. The third-order valence-electron chi connectivity index (χ3n) is 4.56. The molecule has 0 aliphatic carbocycles. The first kappa shape index (κ1) is 20.4. The largest absolute Gasteiger partial charge is 0.372 e. The summed E-state index contributed by atoms with van der Waals surface area (Å²) in [6.45, 7) is 2.08. The van der Waals surface area contributed by atoms with E-state index in [1.54, 1.807) is 16.1 Å². The van der Waals surface area contributed by atoms with Crippen LogP contribution in [0.4, 0.5) is 5.82 Å². The Labute approximate surface area is 183 Å². The topological polar surface area (TPSA) is 90.0 Å². The van der Waals surface area contributed by atoms with Crippen LogP contribution in [-0.2, 0) is 7.05 Å². The first-order chi connectivity index (χ1) is 15.1. The molecule has 5 rings (SSSR count). The number of aromatic nitrogens is 6. The van der Waals surface area contributed by atoms with E-state index in [1.165, 1.54) is 16.9 Å². The van der Waals surface area contributed by atoms with Gasteiger partial charge < -0.3 is 5.32 Å². The van der Waals surface area contributed by atoms with Crippen LogP contribution < -0.4 is 5.32 Å². The summed E-state index contributed by atoms with van der Waals surface area (Å²) in [5.41, 5.74) is 5.92. The van der Waals surface area contributed by atoms with Crippen LogP contribution in [0.2, 0.25) is 0 Å². The number of rotatable bonds is 4. The molecule has 0 amide bonds. The molecule has 8 nitrogen and oxygen atoms in total. The quantitative estimate of drug-likeness (QED) is 0.431. The standard InChI is InChI=1S/C18H18N6.C4H3NOS/c1-12-4-6-13(7-5-12)18-14(10-23(3)22-18)15-8-9-17-20-16(19-2)11-24(17)21-15;6-3-4-5-1-2-7-4/h4-11,19H,1-3H3;1-3H. The summed E-state index contributed by atoms with van der Waals surface area (Å²) in [4.78, 5) is 17.9. The monoisotopic (exact) mass is 431 g/mol. The number of anilines is 1. The fourth-order valence-corrected chi connectivity index (χ4v) is 3.48. The van der Waals surface area contributed by atoms with Crippen molar-refractivity contribution in [3.63, 3.8) is 0 Å². The zero-order valence-electron chi connectivity index (χ0n) is 17.4. The van der Waals surface area contributed by atoms with Gasteiger partial charge in [-0.2, -0.15) is 10.2 Å². The number of fused-ring (bicyclic) bond motifs is 1. The molecule has 0 unspecified atom stereocenters. The summed E-state index contributed by atoms with van der Waals surface area (Å²) >= 11 is 1.34. The second kappa shape index (κ2) is 8.88. The molecular formula is C22H21N7OS. The molecular weight excluding hydrogens is 410 g/mol. The van der Waals surface area contributed by atoms with Gasteiger partial charge in [0.05, 0.1) is 11.9 Å². The molecule has 9 heteroatoms. The van der Waals surface area contributed by atoms with Gasteiger partial charge in [0.1, 0.15) is 11.5 Å². The maximum atomic E-state index is 9.82. The van der Waals surface area contributed by atoms with Gasteiger partial charge in [0.15, 0.2) is 16.9 Å². The summed E-state index contributed by atoms with van der Waals surface area (Å²) < 4.78 is 3.61. The Bertz CT molecular complexity index is 1300. The van der Waals surface area contributed by atoms with Gasteiger partial charge in [-0.25, -0.2) is 14.5 Å². The third kappa shape index (κ3) is 4.51. The molecule has 0 spiro atoms. The number of nitrogens with one attached hydrogen (secondary N) is 1. The average Bonchev–Trinajstić information content (AvgIpc) is 3.53. The van der Waals surface area contributed by atoms with Crippen LogP contribution >= 0.6 is 11.3 Å². The van der Waals surface area contributed by atoms with Gasteiger partial charge in [-0.05, 0) is 19.1 Å². The van der Waals surface area contributed by atoms with Gasteiger partial charge >= 0.3 is 0 Å². The molecule has 1 N–H and O–H groups in total. The molecule has 156 valence electrons.